The van der Waals surface area contributed by atoms with Crippen molar-refractivity contribution >= 4 is 5.78 Å². The minimum absolute atomic E-state index is 0.394. The average molecular weight is 449 g/mol. The predicted octanol–water partition coefficient (Wildman–Crippen LogP) is 9.65. The monoisotopic (exact) mass is 448 g/mol. The summed E-state index contributed by atoms with van der Waals surface area (Å²) in [6.07, 6.45) is 22.7. The highest BCUT2D eigenvalue weighted by molar-refractivity contribution is 5.81. The van der Waals surface area contributed by atoms with Crippen molar-refractivity contribution in [3.63, 3.8) is 0 Å². The lowest BCUT2D eigenvalue weighted by atomic mass is 9.95. The number of rotatable bonds is 20. The topological polar surface area (TPSA) is 17.1 Å². The Kier molecular flexibility index (Phi) is 15.4. The van der Waals surface area contributed by atoms with E-state index >= 15 is 0 Å². The largest absolute Gasteiger partial charge is 0.299 e. The average Bonchev–Trinajstić information content (AvgIpc) is 2.83. The van der Waals surface area contributed by atoms with Gasteiger partial charge in [-0.1, -0.05) is 151 Å². The summed E-state index contributed by atoms with van der Waals surface area (Å²) < 4.78 is 0. The second-order valence-corrected chi connectivity index (χ2v) is 9.85. The number of Topliss-reactive ketones (excluding diaryl/α,β-unsaturated/α-hetero) is 1. The zero-order chi connectivity index (χ0) is 23.4. The number of hydrogen-bond donors (Lipinski definition) is 0. The van der Waals surface area contributed by atoms with Crippen LogP contribution in [0.15, 0.2) is 54.6 Å². The Morgan fingerprint density at radius 1 is 0.545 bits per heavy atom. The molecule has 2 aromatic carbocycles. The number of ketones is 1. The van der Waals surface area contributed by atoms with Crippen molar-refractivity contribution in [2.24, 2.45) is 0 Å². The van der Waals surface area contributed by atoms with E-state index in [1.807, 2.05) is 0 Å². The van der Waals surface area contributed by atoms with E-state index in [1.54, 1.807) is 0 Å². The summed E-state index contributed by atoms with van der Waals surface area (Å²) in [5, 5.41) is 0. The number of carbonyl (C=O) groups is 1. The van der Waals surface area contributed by atoms with Gasteiger partial charge in [-0.05, 0) is 29.5 Å². The van der Waals surface area contributed by atoms with Crippen molar-refractivity contribution in [2.45, 2.75) is 122 Å². The number of unbranched alkanes of at least 4 members (excludes halogenated alkanes) is 14. The summed E-state index contributed by atoms with van der Waals surface area (Å²) in [5.41, 5.74) is 3.79. The summed E-state index contributed by atoms with van der Waals surface area (Å²) >= 11 is 0. The van der Waals surface area contributed by atoms with Gasteiger partial charge in [0.2, 0.25) is 0 Å². The summed E-state index contributed by atoms with van der Waals surface area (Å²) in [7, 11) is 0. The van der Waals surface area contributed by atoms with Crippen LogP contribution < -0.4 is 0 Å². The molecule has 0 fully saturated rings. The van der Waals surface area contributed by atoms with Crippen LogP contribution in [0.4, 0.5) is 0 Å². The summed E-state index contributed by atoms with van der Waals surface area (Å²) in [6, 6.07) is 19.0. The summed E-state index contributed by atoms with van der Waals surface area (Å²) in [4.78, 5) is 12.6. The number of benzene rings is 2. The first kappa shape index (κ1) is 27.4. The molecular formula is C32H48O. The summed E-state index contributed by atoms with van der Waals surface area (Å²) in [6.45, 7) is 2.29. The van der Waals surface area contributed by atoms with Crippen LogP contribution in [0.5, 0.6) is 0 Å². The van der Waals surface area contributed by atoms with Gasteiger partial charge in [0, 0.05) is 12.8 Å². The van der Waals surface area contributed by atoms with Gasteiger partial charge in [-0.15, -0.1) is 0 Å². The highest BCUT2D eigenvalue weighted by atomic mass is 16.1. The number of carbonyl (C=O) groups excluding carboxylic acids is 1. The van der Waals surface area contributed by atoms with E-state index in [-0.39, 0.29) is 0 Å². The van der Waals surface area contributed by atoms with Crippen molar-refractivity contribution in [2.75, 3.05) is 0 Å². The van der Waals surface area contributed by atoms with E-state index < -0.39 is 0 Å². The molecule has 0 heterocycles. The van der Waals surface area contributed by atoms with Crippen LogP contribution in [-0.4, -0.2) is 5.78 Å². The van der Waals surface area contributed by atoms with E-state index in [1.165, 1.54) is 107 Å². The first-order valence-corrected chi connectivity index (χ1v) is 13.9. The zero-order valence-electron chi connectivity index (χ0n) is 21.3. The Hall–Kier alpha value is -1.89. The van der Waals surface area contributed by atoms with Crippen molar-refractivity contribution in [1.29, 1.82) is 0 Å². The van der Waals surface area contributed by atoms with Gasteiger partial charge in [0.1, 0.15) is 5.78 Å². The molecule has 2 rings (SSSR count). The SMILES string of the molecule is CCCCCCCCCCCCCCCCCC(=O)Cc1ccccc1Cc1ccccc1. The molecule has 0 atom stereocenters. The third-order valence-electron chi connectivity index (χ3n) is 6.80. The van der Waals surface area contributed by atoms with Crippen molar-refractivity contribution in [1.82, 2.24) is 0 Å². The van der Waals surface area contributed by atoms with E-state index in [4.69, 9.17) is 0 Å². The second kappa shape index (κ2) is 18.5. The standard InChI is InChI=1S/C32H48O/c1-2-3-4-5-6-7-8-9-10-11-12-13-14-15-19-26-32(33)28-31-25-21-20-24-30(31)27-29-22-17-16-18-23-29/h16-18,20-25H,2-15,19,26-28H2,1H3. The Balaban J connectivity index is 1.46. The second-order valence-electron chi connectivity index (χ2n) is 9.85. The van der Waals surface area contributed by atoms with Gasteiger partial charge in [-0.3, -0.25) is 4.79 Å². The zero-order valence-corrected chi connectivity index (χ0v) is 21.3. The predicted molar refractivity (Wildman–Crippen MR) is 144 cm³/mol. The Morgan fingerprint density at radius 2 is 1.00 bits per heavy atom. The maximum absolute atomic E-state index is 12.6. The molecule has 0 saturated heterocycles. The fourth-order valence-corrected chi connectivity index (χ4v) is 4.71. The van der Waals surface area contributed by atoms with Gasteiger partial charge in [0.05, 0.1) is 0 Å². The van der Waals surface area contributed by atoms with Crippen molar-refractivity contribution in [3.05, 3.63) is 71.3 Å². The van der Waals surface area contributed by atoms with E-state index in [0.717, 1.165) is 19.3 Å². The van der Waals surface area contributed by atoms with Crippen LogP contribution in [-0.2, 0) is 17.6 Å². The quantitative estimate of drug-likeness (QED) is 0.184. The molecule has 2 aromatic rings. The molecule has 0 aliphatic carbocycles. The van der Waals surface area contributed by atoms with E-state index in [2.05, 4.69) is 61.5 Å². The van der Waals surface area contributed by atoms with Crippen LogP contribution in [0.3, 0.4) is 0 Å². The molecule has 0 amide bonds. The highest BCUT2D eigenvalue weighted by Crippen LogP contribution is 2.17. The van der Waals surface area contributed by atoms with Crippen LogP contribution >= 0.6 is 0 Å². The Bertz CT molecular complexity index is 733. The molecule has 182 valence electrons. The van der Waals surface area contributed by atoms with Gasteiger partial charge in [-0.25, -0.2) is 0 Å². The van der Waals surface area contributed by atoms with Gasteiger partial charge >= 0.3 is 0 Å². The Labute approximate surface area is 204 Å². The molecular weight excluding hydrogens is 400 g/mol. The lowest BCUT2D eigenvalue weighted by molar-refractivity contribution is -0.118. The molecule has 0 aromatic heterocycles. The van der Waals surface area contributed by atoms with Crippen LogP contribution in [0.2, 0.25) is 0 Å². The molecule has 0 spiro atoms. The fourth-order valence-electron chi connectivity index (χ4n) is 4.71. The van der Waals surface area contributed by atoms with Crippen LogP contribution in [0.1, 0.15) is 126 Å². The van der Waals surface area contributed by atoms with Gasteiger partial charge in [0.15, 0.2) is 0 Å². The third kappa shape index (κ3) is 13.4. The van der Waals surface area contributed by atoms with Crippen molar-refractivity contribution in [3.8, 4) is 0 Å². The van der Waals surface area contributed by atoms with Crippen molar-refractivity contribution < 1.29 is 4.79 Å². The van der Waals surface area contributed by atoms with Crippen LogP contribution in [0, 0.1) is 0 Å². The molecule has 0 radical (unpaired) electrons. The third-order valence-corrected chi connectivity index (χ3v) is 6.80. The molecule has 0 saturated carbocycles. The summed E-state index contributed by atoms with van der Waals surface area (Å²) in [5.74, 6) is 0.394. The van der Waals surface area contributed by atoms with Gasteiger partial charge in [0.25, 0.3) is 0 Å². The van der Waals surface area contributed by atoms with E-state index in [9.17, 15) is 4.79 Å². The molecule has 0 aliphatic heterocycles. The maximum Gasteiger partial charge on any atom is 0.137 e. The minimum atomic E-state index is 0.394. The molecule has 1 nitrogen and oxygen atoms in total. The molecule has 0 unspecified atom stereocenters. The highest BCUT2D eigenvalue weighted by Gasteiger charge is 2.08. The smallest absolute Gasteiger partial charge is 0.137 e. The first-order valence-electron chi connectivity index (χ1n) is 13.9. The molecule has 33 heavy (non-hydrogen) atoms. The Morgan fingerprint density at radius 3 is 1.55 bits per heavy atom. The lowest BCUT2D eigenvalue weighted by Crippen LogP contribution is -2.05. The number of hydrogen-bond acceptors (Lipinski definition) is 1. The fraction of sp³-hybridized carbons (Fsp3) is 0.594. The molecule has 0 aliphatic rings. The van der Waals surface area contributed by atoms with Gasteiger partial charge in [-0.2, -0.15) is 0 Å². The lowest BCUT2D eigenvalue weighted by Gasteiger charge is -2.09. The molecule has 0 bridgehead atoms. The minimum Gasteiger partial charge on any atom is -0.299 e. The molecule has 1 heteroatoms. The van der Waals surface area contributed by atoms with Crippen LogP contribution in [0.25, 0.3) is 0 Å². The van der Waals surface area contributed by atoms with Gasteiger partial charge < -0.3 is 0 Å². The first-order chi connectivity index (χ1) is 16.3. The normalized spacial score (nSPS) is 11.1. The van der Waals surface area contributed by atoms with E-state index in [0.29, 0.717) is 12.2 Å². The molecule has 0 N–H and O–H groups in total. The maximum atomic E-state index is 12.6.